The van der Waals surface area contributed by atoms with Crippen LogP contribution in [0.5, 0.6) is 0 Å². The van der Waals surface area contributed by atoms with Crippen molar-refractivity contribution in [2.45, 2.75) is 13.3 Å². The van der Waals surface area contributed by atoms with Crippen LogP contribution in [0.1, 0.15) is 12.0 Å². The van der Waals surface area contributed by atoms with E-state index in [0.717, 1.165) is 15.7 Å². The van der Waals surface area contributed by atoms with Crippen molar-refractivity contribution in [2.24, 2.45) is 5.92 Å². The zero-order valence-electron chi connectivity index (χ0n) is 9.24. The maximum absolute atomic E-state index is 11.8. The molecule has 0 bridgehead atoms. The van der Waals surface area contributed by atoms with Crippen LogP contribution in [0.25, 0.3) is 0 Å². The van der Waals surface area contributed by atoms with E-state index in [1.807, 2.05) is 25.1 Å². The second kappa shape index (κ2) is 4.78. The van der Waals surface area contributed by atoms with Gasteiger partial charge in [-0.05, 0) is 42.3 Å². The third kappa shape index (κ3) is 2.53. The van der Waals surface area contributed by atoms with E-state index in [-0.39, 0.29) is 18.2 Å². The SMILES string of the molecule is Cc1cc(N2CC(C(=O)Cl)CC2=O)ccc1Br. The molecule has 0 aliphatic carbocycles. The predicted octanol–water partition coefficient (Wildman–Crippen LogP) is 2.88. The summed E-state index contributed by atoms with van der Waals surface area (Å²) in [6.45, 7) is 2.33. The molecule has 0 N–H and O–H groups in total. The van der Waals surface area contributed by atoms with Gasteiger partial charge in [0.05, 0.1) is 5.92 Å². The first-order valence-electron chi connectivity index (χ1n) is 5.25. The molecule has 2 rings (SSSR count). The molecule has 0 spiro atoms. The molecule has 0 radical (unpaired) electrons. The van der Waals surface area contributed by atoms with Crippen molar-refractivity contribution in [3.05, 3.63) is 28.2 Å². The molecule has 1 saturated heterocycles. The summed E-state index contributed by atoms with van der Waals surface area (Å²) in [7, 11) is 0. The molecule has 1 atom stereocenters. The number of amides is 1. The van der Waals surface area contributed by atoms with E-state index in [4.69, 9.17) is 11.6 Å². The third-order valence-corrected chi connectivity index (χ3v) is 4.10. The molecule has 5 heteroatoms. The second-order valence-electron chi connectivity index (χ2n) is 4.14. The lowest BCUT2D eigenvalue weighted by atomic mass is 10.1. The van der Waals surface area contributed by atoms with Gasteiger partial charge < -0.3 is 4.90 Å². The number of carbonyl (C=O) groups is 2. The van der Waals surface area contributed by atoms with Gasteiger partial charge in [-0.3, -0.25) is 9.59 Å². The van der Waals surface area contributed by atoms with Crippen LogP contribution in [0.4, 0.5) is 5.69 Å². The topological polar surface area (TPSA) is 37.4 Å². The van der Waals surface area contributed by atoms with Crippen molar-refractivity contribution < 1.29 is 9.59 Å². The molecule has 1 unspecified atom stereocenters. The average molecular weight is 317 g/mol. The zero-order chi connectivity index (χ0) is 12.6. The summed E-state index contributed by atoms with van der Waals surface area (Å²) in [5.74, 6) is -0.432. The van der Waals surface area contributed by atoms with Crippen molar-refractivity contribution in [1.82, 2.24) is 0 Å². The van der Waals surface area contributed by atoms with E-state index in [9.17, 15) is 9.59 Å². The van der Waals surface area contributed by atoms with Crippen molar-refractivity contribution in [1.29, 1.82) is 0 Å². The number of hydrogen-bond donors (Lipinski definition) is 0. The lowest BCUT2D eigenvalue weighted by Crippen LogP contribution is -2.25. The highest BCUT2D eigenvalue weighted by atomic mass is 79.9. The summed E-state index contributed by atoms with van der Waals surface area (Å²) in [6, 6.07) is 5.67. The smallest absolute Gasteiger partial charge is 0.227 e. The summed E-state index contributed by atoms with van der Waals surface area (Å²) in [5.41, 5.74) is 1.87. The molecule has 3 nitrogen and oxygen atoms in total. The minimum atomic E-state index is -0.435. The van der Waals surface area contributed by atoms with Gasteiger partial charge in [-0.25, -0.2) is 0 Å². The first-order chi connectivity index (χ1) is 7.99. The van der Waals surface area contributed by atoms with E-state index >= 15 is 0 Å². The quantitative estimate of drug-likeness (QED) is 0.787. The van der Waals surface area contributed by atoms with Crippen molar-refractivity contribution >= 4 is 44.4 Å². The Labute approximate surface area is 113 Å². The Bertz CT molecular complexity index is 489. The first kappa shape index (κ1) is 12.6. The van der Waals surface area contributed by atoms with Crippen molar-refractivity contribution in [2.75, 3.05) is 11.4 Å². The number of hydrogen-bond acceptors (Lipinski definition) is 2. The van der Waals surface area contributed by atoms with Crippen molar-refractivity contribution in [3.63, 3.8) is 0 Å². The van der Waals surface area contributed by atoms with Crippen LogP contribution in [-0.4, -0.2) is 17.7 Å². The molecule has 1 amide bonds. The number of carbonyl (C=O) groups excluding carboxylic acids is 2. The number of anilines is 1. The number of aryl methyl sites for hydroxylation is 1. The fraction of sp³-hybridized carbons (Fsp3) is 0.333. The lowest BCUT2D eigenvalue weighted by Gasteiger charge is -2.17. The Kier molecular flexibility index (Phi) is 3.54. The average Bonchev–Trinajstić information content (AvgIpc) is 2.65. The summed E-state index contributed by atoms with van der Waals surface area (Å²) in [5, 5.41) is -0.435. The number of nitrogens with zero attached hydrogens (tertiary/aromatic N) is 1. The molecule has 0 aromatic heterocycles. The summed E-state index contributed by atoms with van der Waals surface area (Å²) < 4.78 is 0.998. The fourth-order valence-electron chi connectivity index (χ4n) is 1.91. The summed E-state index contributed by atoms with van der Waals surface area (Å²) in [6.07, 6.45) is 0.206. The maximum Gasteiger partial charge on any atom is 0.227 e. The Morgan fingerprint density at radius 3 is 2.76 bits per heavy atom. The minimum absolute atomic E-state index is 0.0503. The predicted molar refractivity (Wildman–Crippen MR) is 70.2 cm³/mol. The van der Waals surface area contributed by atoms with Gasteiger partial charge in [0.1, 0.15) is 0 Å². The molecule has 1 heterocycles. The molecular formula is C12H11BrClNO2. The second-order valence-corrected chi connectivity index (χ2v) is 5.37. The van der Waals surface area contributed by atoms with Gasteiger partial charge in [0.25, 0.3) is 0 Å². The number of rotatable bonds is 2. The van der Waals surface area contributed by atoms with E-state index in [1.54, 1.807) is 4.90 Å². The standard InChI is InChI=1S/C12H11BrClNO2/c1-7-4-9(2-3-10(7)13)15-6-8(12(14)17)5-11(15)16/h2-4,8H,5-6H2,1H3. The number of halogens is 2. The minimum Gasteiger partial charge on any atom is -0.312 e. The van der Waals surface area contributed by atoms with Gasteiger partial charge in [0.15, 0.2) is 0 Å². The van der Waals surface area contributed by atoms with Gasteiger partial charge in [0.2, 0.25) is 11.1 Å². The molecule has 0 saturated carbocycles. The van der Waals surface area contributed by atoms with Crippen LogP contribution >= 0.6 is 27.5 Å². The van der Waals surface area contributed by atoms with E-state index in [1.165, 1.54) is 0 Å². The molecule has 1 aromatic carbocycles. The van der Waals surface area contributed by atoms with Crippen LogP contribution in [0, 0.1) is 12.8 Å². The monoisotopic (exact) mass is 315 g/mol. The van der Waals surface area contributed by atoms with Crippen LogP contribution in [0.15, 0.2) is 22.7 Å². The summed E-state index contributed by atoms with van der Waals surface area (Å²) in [4.78, 5) is 24.5. The molecule has 17 heavy (non-hydrogen) atoms. The van der Waals surface area contributed by atoms with Crippen LogP contribution < -0.4 is 4.90 Å². The molecular weight excluding hydrogens is 305 g/mol. The van der Waals surface area contributed by atoms with E-state index in [0.29, 0.717) is 6.54 Å². The molecule has 1 aromatic rings. The molecule has 1 aliphatic rings. The third-order valence-electron chi connectivity index (χ3n) is 2.90. The summed E-state index contributed by atoms with van der Waals surface area (Å²) >= 11 is 8.84. The van der Waals surface area contributed by atoms with Gasteiger partial charge in [0, 0.05) is 23.1 Å². The van der Waals surface area contributed by atoms with Crippen LogP contribution in [-0.2, 0) is 9.59 Å². The van der Waals surface area contributed by atoms with Gasteiger partial charge in [-0.2, -0.15) is 0 Å². The Balaban J connectivity index is 2.26. The normalized spacial score (nSPS) is 19.8. The van der Waals surface area contributed by atoms with E-state index < -0.39 is 5.24 Å². The van der Waals surface area contributed by atoms with Gasteiger partial charge >= 0.3 is 0 Å². The first-order valence-corrected chi connectivity index (χ1v) is 6.42. The highest BCUT2D eigenvalue weighted by Crippen LogP contribution is 2.29. The Hall–Kier alpha value is -0.870. The van der Waals surface area contributed by atoms with Crippen molar-refractivity contribution in [3.8, 4) is 0 Å². The van der Waals surface area contributed by atoms with Gasteiger partial charge in [-0.15, -0.1) is 0 Å². The fourth-order valence-corrected chi connectivity index (χ4v) is 2.30. The highest BCUT2D eigenvalue weighted by molar-refractivity contribution is 9.10. The van der Waals surface area contributed by atoms with E-state index in [2.05, 4.69) is 15.9 Å². The molecule has 90 valence electrons. The van der Waals surface area contributed by atoms with Crippen LogP contribution in [0.3, 0.4) is 0 Å². The maximum atomic E-state index is 11.8. The Morgan fingerprint density at radius 1 is 1.53 bits per heavy atom. The molecule has 1 fully saturated rings. The Morgan fingerprint density at radius 2 is 2.24 bits per heavy atom. The zero-order valence-corrected chi connectivity index (χ0v) is 11.6. The van der Waals surface area contributed by atoms with Crippen LogP contribution in [0.2, 0.25) is 0 Å². The number of benzene rings is 1. The largest absolute Gasteiger partial charge is 0.312 e. The lowest BCUT2D eigenvalue weighted by molar-refractivity contribution is -0.120. The van der Waals surface area contributed by atoms with Gasteiger partial charge in [-0.1, -0.05) is 15.9 Å². The highest BCUT2D eigenvalue weighted by Gasteiger charge is 2.34. The molecule has 1 aliphatic heterocycles.